The number of thiophene rings is 1. The van der Waals surface area contributed by atoms with Gasteiger partial charge in [-0.15, -0.1) is 0 Å². The van der Waals surface area contributed by atoms with Crippen LogP contribution in [0.15, 0.2) is 67.0 Å². The van der Waals surface area contributed by atoms with Crippen molar-refractivity contribution in [2.24, 2.45) is 0 Å². The Bertz CT molecular complexity index is 1400. The third-order valence-corrected chi connectivity index (χ3v) is 6.77. The minimum absolute atomic E-state index is 0.0638. The number of pyridine rings is 2. The van der Waals surface area contributed by atoms with E-state index in [2.05, 4.69) is 4.98 Å². The molecular weight excluding hydrogens is 454 g/mol. The number of hydrogen-bond donors (Lipinski definition) is 0. The third-order valence-electron chi connectivity index (χ3n) is 5.74. The Kier molecular flexibility index (Phi) is 5.72. The highest BCUT2D eigenvalue weighted by atomic mass is 32.1. The highest BCUT2D eigenvalue weighted by molar-refractivity contribution is 7.17. The average Bonchev–Trinajstić information content (AvgIpc) is 3.39. The molecule has 1 aliphatic rings. The van der Waals surface area contributed by atoms with Crippen LogP contribution in [0.1, 0.15) is 20.0 Å². The molecule has 0 spiro atoms. The van der Waals surface area contributed by atoms with Crippen LogP contribution >= 0.6 is 11.3 Å². The van der Waals surface area contributed by atoms with Crippen molar-refractivity contribution < 1.29 is 14.5 Å². The molecule has 0 unspecified atom stereocenters. The minimum atomic E-state index is -0.503. The summed E-state index contributed by atoms with van der Waals surface area (Å²) in [6.07, 6.45) is 3.40. The third kappa shape index (κ3) is 4.11. The Morgan fingerprint density at radius 3 is 2.35 bits per heavy atom. The first-order valence-corrected chi connectivity index (χ1v) is 11.5. The summed E-state index contributed by atoms with van der Waals surface area (Å²) in [6.45, 7) is 1.46. The van der Waals surface area contributed by atoms with E-state index in [1.165, 1.54) is 12.1 Å². The quantitative estimate of drug-likeness (QED) is 0.329. The summed E-state index contributed by atoms with van der Waals surface area (Å²) < 4.78 is 0. The number of aromatic nitrogens is 2. The van der Waals surface area contributed by atoms with Gasteiger partial charge in [0.25, 0.3) is 11.8 Å². The average molecular weight is 474 g/mol. The summed E-state index contributed by atoms with van der Waals surface area (Å²) in [5, 5.41) is 11.6. The normalized spacial score (nSPS) is 13.8. The Labute approximate surface area is 198 Å². The molecule has 34 heavy (non-hydrogen) atoms. The molecule has 0 saturated carbocycles. The summed E-state index contributed by atoms with van der Waals surface area (Å²) in [6, 6.07) is 15.9. The van der Waals surface area contributed by atoms with Gasteiger partial charge in [0.05, 0.1) is 26.6 Å². The number of piperazine rings is 1. The fraction of sp³-hybridized carbons (Fsp3) is 0.167. The highest BCUT2D eigenvalue weighted by Crippen LogP contribution is 2.27. The molecule has 1 fully saturated rings. The molecule has 4 aromatic rings. The van der Waals surface area contributed by atoms with Crippen molar-refractivity contribution in [3.63, 3.8) is 0 Å². The van der Waals surface area contributed by atoms with Gasteiger partial charge in [0.1, 0.15) is 0 Å². The van der Waals surface area contributed by atoms with Gasteiger partial charge in [0.15, 0.2) is 0 Å². The number of nitrogens with zero attached hydrogens (tertiary/aromatic N) is 5. The standard InChI is InChI=1S/C24H19N5O4S/c30-23(27-10-12-28(13-11-27)24(31)21-7-8-22(34-21)29(32)33)18-14-20(16-4-3-9-25-15-16)26-19-6-2-1-5-17(18)19/h1-9,14-15H,10-13H2. The Balaban J connectivity index is 1.37. The van der Waals surface area contributed by atoms with E-state index in [1.807, 2.05) is 36.4 Å². The largest absolute Gasteiger partial charge is 0.335 e. The Morgan fingerprint density at radius 1 is 0.941 bits per heavy atom. The van der Waals surface area contributed by atoms with Gasteiger partial charge in [0, 0.05) is 55.6 Å². The Morgan fingerprint density at radius 2 is 1.68 bits per heavy atom. The highest BCUT2D eigenvalue weighted by Gasteiger charge is 2.28. The second kappa shape index (κ2) is 8.99. The van der Waals surface area contributed by atoms with Crippen LogP contribution in [0.5, 0.6) is 0 Å². The van der Waals surface area contributed by atoms with Crippen molar-refractivity contribution >= 4 is 39.1 Å². The zero-order chi connectivity index (χ0) is 23.7. The topological polar surface area (TPSA) is 110 Å². The van der Waals surface area contributed by atoms with E-state index >= 15 is 0 Å². The smallest absolute Gasteiger partial charge is 0.324 e. The van der Waals surface area contributed by atoms with E-state index in [-0.39, 0.29) is 16.8 Å². The van der Waals surface area contributed by atoms with E-state index in [1.54, 1.807) is 28.3 Å². The fourth-order valence-electron chi connectivity index (χ4n) is 3.99. The van der Waals surface area contributed by atoms with Gasteiger partial charge in [-0.05, 0) is 30.3 Å². The maximum Gasteiger partial charge on any atom is 0.324 e. The predicted octanol–water partition coefficient (Wildman–Crippen LogP) is 3.86. The van der Waals surface area contributed by atoms with Crippen molar-refractivity contribution in [2.45, 2.75) is 0 Å². The van der Waals surface area contributed by atoms with Crippen LogP contribution in [0.3, 0.4) is 0 Å². The summed E-state index contributed by atoms with van der Waals surface area (Å²) in [4.78, 5) is 49.2. The zero-order valence-electron chi connectivity index (χ0n) is 18.0. The molecule has 5 rings (SSSR count). The second-order valence-corrected chi connectivity index (χ2v) is 8.86. The maximum absolute atomic E-state index is 13.5. The van der Waals surface area contributed by atoms with Crippen molar-refractivity contribution in [2.75, 3.05) is 26.2 Å². The number of hydrogen-bond acceptors (Lipinski definition) is 7. The van der Waals surface area contributed by atoms with Gasteiger partial charge >= 0.3 is 5.00 Å². The van der Waals surface area contributed by atoms with Gasteiger partial charge in [0.2, 0.25) is 0 Å². The number of carbonyl (C=O) groups is 2. The van der Waals surface area contributed by atoms with E-state index in [4.69, 9.17) is 4.98 Å². The van der Waals surface area contributed by atoms with E-state index in [0.717, 1.165) is 27.8 Å². The lowest BCUT2D eigenvalue weighted by atomic mass is 10.0. The van der Waals surface area contributed by atoms with Crippen molar-refractivity contribution in [3.05, 3.63) is 87.5 Å². The number of nitro groups is 1. The number of amides is 2. The van der Waals surface area contributed by atoms with Crippen LogP contribution < -0.4 is 0 Å². The molecule has 1 saturated heterocycles. The molecule has 1 aromatic carbocycles. The molecule has 0 aliphatic carbocycles. The molecule has 9 nitrogen and oxygen atoms in total. The van der Waals surface area contributed by atoms with Crippen molar-refractivity contribution in [3.8, 4) is 11.3 Å². The van der Waals surface area contributed by atoms with E-state index in [0.29, 0.717) is 42.3 Å². The summed E-state index contributed by atoms with van der Waals surface area (Å²) in [5.41, 5.74) is 2.77. The number of carbonyl (C=O) groups excluding carboxylic acids is 2. The number of rotatable bonds is 4. The predicted molar refractivity (Wildman–Crippen MR) is 128 cm³/mol. The number of para-hydroxylation sites is 1. The van der Waals surface area contributed by atoms with Crippen LogP contribution in [0.4, 0.5) is 5.00 Å². The van der Waals surface area contributed by atoms with Gasteiger partial charge in [-0.3, -0.25) is 24.7 Å². The number of benzene rings is 1. The molecule has 2 amide bonds. The van der Waals surface area contributed by atoms with E-state index in [9.17, 15) is 19.7 Å². The second-order valence-electron chi connectivity index (χ2n) is 7.79. The fourth-order valence-corrected chi connectivity index (χ4v) is 4.78. The van der Waals surface area contributed by atoms with Crippen LogP contribution in [0, 0.1) is 10.1 Å². The molecule has 170 valence electrons. The first-order chi connectivity index (χ1) is 16.5. The van der Waals surface area contributed by atoms with E-state index < -0.39 is 4.92 Å². The molecule has 0 atom stereocenters. The van der Waals surface area contributed by atoms with Gasteiger partial charge in [-0.1, -0.05) is 29.5 Å². The lowest BCUT2D eigenvalue weighted by Crippen LogP contribution is -2.50. The van der Waals surface area contributed by atoms with Crippen molar-refractivity contribution in [1.29, 1.82) is 0 Å². The van der Waals surface area contributed by atoms with Crippen LogP contribution in [-0.2, 0) is 0 Å². The van der Waals surface area contributed by atoms with Gasteiger partial charge < -0.3 is 9.80 Å². The van der Waals surface area contributed by atoms with Gasteiger partial charge in [-0.25, -0.2) is 4.98 Å². The molecule has 1 aliphatic heterocycles. The lowest BCUT2D eigenvalue weighted by Gasteiger charge is -2.34. The summed E-state index contributed by atoms with van der Waals surface area (Å²) in [7, 11) is 0. The van der Waals surface area contributed by atoms with Crippen LogP contribution in [-0.4, -0.2) is 62.7 Å². The molecule has 0 radical (unpaired) electrons. The van der Waals surface area contributed by atoms with Crippen LogP contribution in [0.25, 0.3) is 22.2 Å². The van der Waals surface area contributed by atoms with Crippen LogP contribution in [0.2, 0.25) is 0 Å². The molecule has 10 heteroatoms. The first kappa shape index (κ1) is 21.7. The Hall–Kier alpha value is -4.18. The summed E-state index contributed by atoms with van der Waals surface area (Å²) in [5.74, 6) is -0.374. The maximum atomic E-state index is 13.5. The van der Waals surface area contributed by atoms with Crippen molar-refractivity contribution in [1.82, 2.24) is 19.8 Å². The molecule has 0 N–H and O–H groups in total. The first-order valence-electron chi connectivity index (χ1n) is 10.6. The lowest BCUT2D eigenvalue weighted by molar-refractivity contribution is -0.380. The molecule has 3 aromatic heterocycles. The monoisotopic (exact) mass is 473 g/mol. The molecule has 4 heterocycles. The minimum Gasteiger partial charge on any atom is -0.335 e. The number of fused-ring (bicyclic) bond motifs is 1. The molecule has 0 bridgehead atoms. The van der Waals surface area contributed by atoms with Gasteiger partial charge in [-0.2, -0.15) is 0 Å². The molecular formula is C24H19N5O4S. The SMILES string of the molecule is O=C(c1ccc([N+](=O)[O-])s1)N1CCN(C(=O)c2cc(-c3cccnc3)nc3ccccc23)CC1. The zero-order valence-corrected chi connectivity index (χ0v) is 18.8. The summed E-state index contributed by atoms with van der Waals surface area (Å²) >= 11 is 0.865.